The van der Waals surface area contributed by atoms with E-state index in [2.05, 4.69) is 6.58 Å². The molecule has 0 atom stereocenters. The summed E-state index contributed by atoms with van der Waals surface area (Å²) in [5.41, 5.74) is -0.431. The molecule has 17 heavy (non-hydrogen) atoms. The Bertz CT molecular complexity index is 304. The molecule has 0 aromatic rings. The quantitative estimate of drug-likeness (QED) is 0.495. The van der Waals surface area contributed by atoms with Crippen molar-refractivity contribution in [2.45, 2.75) is 34.6 Å². The molecular weight excluding hydrogens is 239 g/mol. The van der Waals surface area contributed by atoms with Crippen molar-refractivity contribution in [1.29, 1.82) is 0 Å². The zero-order chi connectivity index (χ0) is 13.6. The molecule has 0 fully saturated rings. The van der Waals surface area contributed by atoms with Gasteiger partial charge in [0.15, 0.2) is 0 Å². The van der Waals surface area contributed by atoms with Gasteiger partial charge in [0, 0.05) is 0 Å². The Kier molecular flexibility index (Phi) is 6.91. The van der Waals surface area contributed by atoms with E-state index in [1.54, 1.807) is 0 Å². The van der Waals surface area contributed by atoms with Gasteiger partial charge in [-0.15, -0.1) is 0 Å². The van der Waals surface area contributed by atoms with Crippen molar-refractivity contribution in [3.63, 3.8) is 0 Å². The topological polar surface area (TPSA) is 52.6 Å². The van der Waals surface area contributed by atoms with E-state index in [0.29, 0.717) is 0 Å². The van der Waals surface area contributed by atoms with Crippen LogP contribution in [0.3, 0.4) is 0 Å². The monoisotopic (exact) mass is 262 g/mol. The third-order valence-corrected chi connectivity index (χ3v) is 3.63. The van der Waals surface area contributed by atoms with E-state index in [0.717, 1.165) is 0 Å². The molecule has 0 spiro atoms. The largest absolute Gasteiger partial charge is 0.401 e. The highest BCUT2D eigenvalue weighted by atomic mass is 31.2. The van der Waals surface area contributed by atoms with E-state index in [1.807, 2.05) is 27.7 Å². The average molecular weight is 262 g/mol. The Labute approximate surface area is 104 Å². The van der Waals surface area contributed by atoms with Crippen LogP contribution in [0.5, 0.6) is 0 Å². The van der Waals surface area contributed by atoms with Gasteiger partial charge in [-0.2, -0.15) is 0 Å². The summed E-state index contributed by atoms with van der Waals surface area (Å²) in [5.74, 6) is 0.368. The molecule has 0 saturated carbocycles. The fourth-order valence-corrected chi connectivity index (χ4v) is 2.65. The first-order valence-electron chi connectivity index (χ1n) is 5.78. The molecule has 0 aliphatic heterocycles. The molecule has 0 aromatic carbocycles. The van der Waals surface area contributed by atoms with Gasteiger partial charge in [0.2, 0.25) is 0 Å². The van der Waals surface area contributed by atoms with Crippen molar-refractivity contribution in [1.82, 2.24) is 0 Å². The molecule has 0 saturated heterocycles. The Balaban J connectivity index is 4.75. The highest BCUT2D eigenvalue weighted by Crippen LogP contribution is 2.51. The standard InChI is InChI=1S/C12H23O4P/c1-9(2)7-15-17(14,12(13)11(5)6)16-8-10(3)4/h9-10H,5,7-8H2,1-4,6H3. The maximum atomic E-state index is 12.3. The van der Waals surface area contributed by atoms with Gasteiger partial charge in [-0.25, -0.2) is 0 Å². The molecule has 0 aromatic heterocycles. The predicted molar refractivity (Wildman–Crippen MR) is 69.0 cm³/mol. The normalized spacial score (nSPS) is 12.2. The third-order valence-electron chi connectivity index (χ3n) is 1.77. The van der Waals surface area contributed by atoms with Crippen LogP contribution in [0.25, 0.3) is 0 Å². The number of allylic oxidation sites excluding steroid dienone is 1. The summed E-state index contributed by atoms with van der Waals surface area (Å²) >= 11 is 0. The molecule has 0 aliphatic carbocycles. The van der Waals surface area contributed by atoms with Gasteiger partial charge in [0.25, 0.3) is 5.52 Å². The molecule has 100 valence electrons. The predicted octanol–water partition coefficient (Wildman–Crippen LogP) is 3.63. The van der Waals surface area contributed by atoms with Gasteiger partial charge in [-0.1, -0.05) is 34.3 Å². The second kappa shape index (κ2) is 7.10. The Morgan fingerprint density at radius 1 is 1.12 bits per heavy atom. The van der Waals surface area contributed by atoms with Crippen LogP contribution in [-0.2, 0) is 18.4 Å². The van der Waals surface area contributed by atoms with Gasteiger partial charge in [0.1, 0.15) is 0 Å². The molecule has 0 amide bonds. The van der Waals surface area contributed by atoms with E-state index in [-0.39, 0.29) is 30.6 Å². The van der Waals surface area contributed by atoms with Gasteiger partial charge in [0.05, 0.1) is 13.2 Å². The molecular formula is C12H23O4P. The van der Waals surface area contributed by atoms with Crippen molar-refractivity contribution < 1.29 is 18.4 Å². The smallest absolute Gasteiger partial charge is 0.303 e. The molecule has 5 heteroatoms. The number of carbonyl (C=O) groups excluding carboxylic acids is 1. The lowest BCUT2D eigenvalue weighted by Crippen LogP contribution is -2.13. The van der Waals surface area contributed by atoms with E-state index < -0.39 is 13.1 Å². The number of hydrogen-bond donors (Lipinski definition) is 0. The molecule has 0 bridgehead atoms. The van der Waals surface area contributed by atoms with Crippen LogP contribution in [0.4, 0.5) is 0 Å². The fourth-order valence-electron chi connectivity index (χ4n) is 0.883. The van der Waals surface area contributed by atoms with Crippen molar-refractivity contribution in [2.75, 3.05) is 13.2 Å². The minimum absolute atomic E-state index is 0.184. The van der Waals surface area contributed by atoms with Crippen molar-refractivity contribution >= 4 is 13.1 Å². The van der Waals surface area contributed by atoms with Gasteiger partial charge >= 0.3 is 7.60 Å². The van der Waals surface area contributed by atoms with E-state index in [9.17, 15) is 9.36 Å². The second-order valence-corrected chi connectivity index (χ2v) is 6.88. The first-order chi connectivity index (χ1) is 7.69. The molecule has 0 rings (SSSR count). The lowest BCUT2D eigenvalue weighted by molar-refractivity contribution is -0.110. The second-order valence-electron chi connectivity index (χ2n) is 4.96. The molecule has 0 aliphatic rings. The number of hydrogen-bond acceptors (Lipinski definition) is 4. The van der Waals surface area contributed by atoms with Crippen LogP contribution in [0.2, 0.25) is 0 Å². The maximum absolute atomic E-state index is 12.3. The summed E-state index contributed by atoms with van der Waals surface area (Å²) in [7, 11) is -3.71. The summed E-state index contributed by atoms with van der Waals surface area (Å²) in [4.78, 5) is 11.8. The highest BCUT2D eigenvalue weighted by molar-refractivity contribution is 7.72. The minimum atomic E-state index is -3.71. The zero-order valence-electron chi connectivity index (χ0n) is 11.4. The Morgan fingerprint density at radius 3 is 1.71 bits per heavy atom. The average Bonchev–Trinajstić information content (AvgIpc) is 2.22. The van der Waals surface area contributed by atoms with Gasteiger partial charge in [-0.3, -0.25) is 9.36 Å². The maximum Gasteiger partial charge on any atom is 0.401 e. The van der Waals surface area contributed by atoms with Crippen molar-refractivity contribution in [3.05, 3.63) is 12.2 Å². The lowest BCUT2D eigenvalue weighted by Gasteiger charge is -2.19. The van der Waals surface area contributed by atoms with Crippen molar-refractivity contribution in [2.24, 2.45) is 11.8 Å². The molecule has 0 unspecified atom stereocenters. The van der Waals surface area contributed by atoms with Crippen LogP contribution in [-0.4, -0.2) is 18.7 Å². The first kappa shape index (κ1) is 16.6. The Hall–Kier alpha value is -0.440. The SMILES string of the molecule is C=C(C)C(=O)P(=O)(OCC(C)C)OCC(C)C. The van der Waals surface area contributed by atoms with Crippen LogP contribution in [0.1, 0.15) is 34.6 Å². The van der Waals surface area contributed by atoms with Crippen LogP contribution in [0.15, 0.2) is 12.2 Å². The summed E-state index contributed by atoms with van der Waals surface area (Å²) < 4.78 is 22.7. The highest BCUT2D eigenvalue weighted by Gasteiger charge is 2.35. The van der Waals surface area contributed by atoms with E-state index in [1.165, 1.54) is 6.92 Å². The van der Waals surface area contributed by atoms with Crippen LogP contribution < -0.4 is 0 Å². The Morgan fingerprint density at radius 2 is 1.47 bits per heavy atom. The zero-order valence-corrected chi connectivity index (χ0v) is 12.3. The van der Waals surface area contributed by atoms with E-state index >= 15 is 0 Å². The molecule has 0 heterocycles. The summed E-state index contributed by atoms with van der Waals surface area (Å²) in [5, 5.41) is 0. The van der Waals surface area contributed by atoms with Gasteiger partial charge in [-0.05, 0) is 24.3 Å². The minimum Gasteiger partial charge on any atom is -0.303 e. The summed E-state index contributed by atoms with van der Waals surface area (Å²) in [6.07, 6.45) is 0. The number of carbonyl (C=O) groups is 1. The summed E-state index contributed by atoms with van der Waals surface area (Å²) in [6, 6.07) is 0. The molecule has 4 nitrogen and oxygen atoms in total. The van der Waals surface area contributed by atoms with Crippen LogP contribution >= 0.6 is 7.60 Å². The van der Waals surface area contributed by atoms with Gasteiger partial charge < -0.3 is 9.05 Å². The fraction of sp³-hybridized carbons (Fsp3) is 0.750. The molecule has 0 N–H and O–H groups in total. The van der Waals surface area contributed by atoms with Crippen molar-refractivity contribution in [3.8, 4) is 0 Å². The molecule has 0 radical (unpaired) electrons. The van der Waals surface area contributed by atoms with Crippen LogP contribution in [0, 0.1) is 11.8 Å². The summed E-state index contributed by atoms with van der Waals surface area (Å²) in [6.45, 7) is 13.1. The lowest BCUT2D eigenvalue weighted by atomic mass is 10.2. The number of rotatable bonds is 8. The first-order valence-corrected chi connectivity index (χ1v) is 7.32. The third kappa shape index (κ3) is 6.16. The van der Waals surface area contributed by atoms with E-state index in [4.69, 9.17) is 9.05 Å².